The Morgan fingerprint density at radius 3 is 2.71 bits per heavy atom. The summed E-state index contributed by atoms with van der Waals surface area (Å²) in [6.07, 6.45) is 3.26. The van der Waals surface area contributed by atoms with Crippen LogP contribution in [0.25, 0.3) is 0 Å². The number of fused-ring (bicyclic) bond motifs is 1. The molecule has 4 rings (SSSR count). The SMILES string of the molecule is C[C@@H]1CN([C@@H](C)CO)C(=O)c2cc(C#CCc3ccccc3)cnc2O[C@H]1CN(C)C(=O)C1CCOCC1. The average molecular weight is 520 g/mol. The molecule has 1 aromatic carbocycles. The van der Waals surface area contributed by atoms with E-state index in [1.807, 2.05) is 44.2 Å². The predicted molar refractivity (Wildman–Crippen MR) is 144 cm³/mol. The molecule has 38 heavy (non-hydrogen) atoms. The van der Waals surface area contributed by atoms with E-state index in [9.17, 15) is 14.7 Å². The highest BCUT2D eigenvalue weighted by molar-refractivity contribution is 5.97. The van der Waals surface area contributed by atoms with Crippen LogP contribution in [0, 0.1) is 23.7 Å². The summed E-state index contributed by atoms with van der Waals surface area (Å²) in [4.78, 5) is 34.6. The van der Waals surface area contributed by atoms with Crippen molar-refractivity contribution in [3.63, 3.8) is 0 Å². The molecule has 0 unspecified atom stereocenters. The van der Waals surface area contributed by atoms with Crippen LogP contribution in [-0.4, -0.2) is 83.8 Å². The van der Waals surface area contributed by atoms with E-state index >= 15 is 0 Å². The lowest BCUT2D eigenvalue weighted by Crippen LogP contribution is -2.51. The first-order chi connectivity index (χ1) is 18.4. The molecule has 202 valence electrons. The summed E-state index contributed by atoms with van der Waals surface area (Å²) in [6.45, 7) is 5.61. The molecule has 1 saturated heterocycles. The fraction of sp³-hybridized carbons (Fsp3) is 0.500. The quantitative estimate of drug-likeness (QED) is 0.590. The van der Waals surface area contributed by atoms with Crippen molar-refractivity contribution in [2.75, 3.05) is 40.0 Å². The van der Waals surface area contributed by atoms with Crippen molar-refractivity contribution in [2.45, 2.75) is 45.3 Å². The summed E-state index contributed by atoms with van der Waals surface area (Å²) < 4.78 is 11.7. The van der Waals surface area contributed by atoms with E-state index < -0.39 is 0 Å². The third-order valence-corrected chi connectivity index (χ3v) is 7.29. The maximum Gasteiger partial charge on any atom is 0.259 e. The third-order valence-electron chi connectivity index (χ3n) is 7.29. The monoisotopic (exact) mass is 519 g/mol. The summed E-state index contributed by atoms with van der Waals surface area (Å²) in [5.74, 6) is 6.17. The van der Waals surface area contributed by atoms with Crippen LogP contribution >= 0.6 is 0 Å². The molecule has 2 aliphatic rings. The van der Waals surface area contributed by atoms with Crippen LogP contribution in [0.1, 0.15) is 48.2 Å². The molecule has 0 bridgehead atoms. The molecule has 0 radical (unpaired) electrons. The molecule has 2 aromatic rings. The van der Waals surface area contributed by atoms with Crippen molar-refractivity contribution in [1.82, 2.24) is 14.8 Å². The second-order valence-corrected chi connectivity index (χ2v) is 10.3. The summed E-state index contributed by atoms with van der Waals surface area (Å²) in [7, 11) is 1.80. The van der Waals surface area contributed by atoms with Crippen LogP contribution in [0.3, 0.4) is 0 Å². The van der Waals surface area contributed by atoms with E-state index in [1.165, 1.54) is 0 Å². The van der Waals surface area contributed by atoms with Gasteiger partial charge in [-0.25, -0.2) is 4.98 Å². The highest BCUT2D eigenvalue weighted by Crippen LogP contribution is 2.28. The Morgan fingerprint density at radius 1 is 1.26 bits per heavy atom. The Morgan fingerprint density at radius 2 is 2.00 bits per heavy atom. The molecule has 0 spiro atoms. The molecule has 1 fully saturated rings. The lowest BCUT2D eigenvalue weighted by Gasteiger charge is -2.38. The number of carbonyl (C=O) groups excluding carboxylic acids is 2. The largest absolute Gasteiger partial charge is 0.472 e. The predicted octanol–water partition coefficient (Wildman–Crippen LogP) is 2.78. The van der Waals surface area contributed by atoms with Gasteiger partial charge in [-0.3, -0.25) is 9.59 Å². The maximum atomic E-state index is 13.6. The smallest absolute Gasteiger partial charge is 0.259 e. The van der Waals surface area contributed by atoms with E-state index in [-0.39, 0.29) is 48.3 Å². The molecule has 2 aliphatic heterocycles. The number of aliphatic hydroxyl groups excluding tert-OH is 1. The minimum Gasteiger partial charge on any atom is -0.472 e. The lowest BCUT2D eigenvalue weighted by molar-refractivity contribution is -0.138. The van der Waals surface area contributed by atoms with Crippen molar-refractivity contribution in [3.8, 4) is 17.7 Å². The molecule has 3 atom stereocenters. The zero-order valence-corrected chi connectivity index (χ0v) is 22.4. The van der Waals surface area contributed by atoms with Crippen molar-refractivity contribution in [3.05, 3.63) is 59.3 Å². The van der Waals surface area contributed by atoms with Crippen molar-refractivity contribution in [2.24, 2.45) is 11.8 Å². The first-order valence-electron chi connectivity index (χ1n) is 13.3. The van der Waals surface area contributed by atoms with Crippen LogP contribution in [0.15, 0.2) is 42.6 Å². The van der Waals surface area contributed by atoms with Gasteiger partial charge in [0.2, 0.25) is 11.8 Å². The minimum atomic E-state index is -0.383. The fourth-order valence-corrected chi connectivity index (χ4v) is 4.85. The Hall–Kier alpha value is -3.41. The number of carbonyl (C=O) groups is 2. The number of likely N-dealkylation sites (N-methyl/N-ethyl adjacent to an activating group) is 1. The second-order valence-electron chi connectivity index (χ2n) is 10.3. The second kappa shape index (κ2) is 12.9. The van der Waals surface area contributed by atoms with Crippen LogP contribution in [0.4, 0.5) is 0 Å². The molecule has 0 saturated carbocycles. The number of rotatable bonds is 6. The zero-order chi connectivity index (χ0) is 27.1. The lowest BCUT2D eigenvalue weighted by atomic mass is 9.97. The normalized spacial score (nSPS) is 20.7. The Balaban J connectivity index is 1.58. The molecule has 0 aliphatic carbocycles. The number of aromatic nitrogens is 1. The number of pyridine rings is 1. The summed E-state index contributed by atoms with van der Waals surface area (Å²) >= 11 is 0. The van der Waals surface area contributed by atoms with E-state index in [4.69, 9.17) is 9.47 Å². The van der Waals surface area contributed by atoms with Gasteiger partial charge >= 0.3 is 0 Å². The number of amides is 2. The molecule has 1 N–H and O–H groups in total. The molecular weight excluding hydrogens is 482 g/mol. The standard InChI is InChI=1S/C30H37N3O5/c1-21-18-33(22(2)20-34)30(36)26-16-24(11-7-10-23-8-5-4-6-9-23)17-31-28(26)38-27(21)19-32(3)29(35)25-12-14-37-15-13-25/h4-6,8-9,16-17,21-22,25,27,34H,10,12-15,18-20H2,1-3H3/t21-,22+,27+/m1/s1. The topological polar surface area (TPSA) is 92.2 Å². The Labute approximate surface area is 224 Å². The number of hydrogen-bond donors (Lipinski definition) is 1. The van der Waals surface area contributed by atoms with Crippen LogP contribution in [-0.2, 0) is 16.0 Å². The van der Waals surface area contributed by atoms with Crippen LogP contribution < -0.4 is 4.74 Å². The Bertz CT molecular complexity index is 1170. The molecular formula is C30H37N3O5. The van der Waals surface area contributed by atoms with Gasteiger partial charge in [-0.15, -0.1) is 0 Å². The number of hydrogen-bond acceptors (Lipinski definition) is 6. The van der Waals surface area contributed by atoms with E-state index in [1.54, 1.807) is 29.1 Å². The molecule has 1 aromatic heterocycles. The highest BCUT2D eigenvalue weighted by atomic mass is 16.5. The average Bonchev–Trinajstić information content (AvgIpc) is 2.95. The molecule has 2 amide bonds. The summed E-state index contributed by atoms with van der Waals surface area (Å²) in [5.41, 5.74) is 2.04. The van der Waals surface area contributed by atoms with Gasteiger partial charge in [0.25, 0.3) is 5.91 Å². The van der Waals surface area contributed by atoms with Gasteiger partial charge in [-0.05, 0) is 31.4 Å². The molecule has 8 heteroatoms. The fourth-order valence-electron chi connectivity index (χ4n) is 4.85. The van der Waals surface area contributed by atoms with E-state index in [0.717, 1.165) is 18.4 Å². The number of aliphatic hydroxyl groups is 1. The van der Waals surface area contributed by atoms with Gasteiger partial charge in [0.05, 0.1) is 19.2 Å². The van der Waals surface area contributed by atoms with Gasteiger partial charge in [0.1, 0.15) is 11.7 Å². The molecule has 3 heterocycles. The zero-order valence-electron chi connectivity index (χ0n) is 22.4. The van der Waals surface area contributed by atoms with Gasteiger partial charge in [-0.2, -0.15) is 0 Å². The third kappa shape index (κ3) is 6.72. The minimum absolute atomic E-state index is 0.0486. The van der Waals surface area contributed by atoms with Crippen molar-refractivity contribution < 1.29 is 24.2 Å². The van der Waals surface area contributed by atoms with E-state index in [0.29, 0.717) is 43.9 Å². The maximum absolute atomic E-state index is 13.6. The summed E-state index contributed by atoms with van der Waals surface area (Å²) in [5, 5.41) is 9.88. The summed E-state index contributed by atoms with van der Waals surface area (Å²) in [6, 6.07) is 11.3. The van der Waals surface area contributed by atoms with Crippen molar-refractivity contribution in [1.29, 1.82) is 0 Å². The highest BCUT2D eigenvalue weighted by Gasteiger charge is 2.35. The Kier molecular flexibility index (Phi) is 9.38. The number of benzene rings is 1. The number of ether oxygens (including phenoxy) is 2. The van der Waals surface area contributed by atoms with Gasteiger partial charge in [0.15, 0.2) is 0 Å². The van der Waals surface area contributed by atoms with E-state index in [2.05, 4.69) is 16.8 Å². The first kappa shape index (κ1) is 27.6. The van der Waals surface area contributed by atoms with Crippen LogP contribution in [0.2, 0.25) is 0 Å². The van der Waals surface area contributed by atoms with Gasteiger partial charge in [0, 0.05) is 56.8 Å². The first-order valence-corrected chi connectivity index (χ1v) is 13.3. The van der Waals surface area contributed by atoms with Crippen LogP contribution in [0.5, 0.6) is 5.88 Å². The van der Waals surface area contributed by atoms with Gasteiger partial charge < -0.3 is 24.4 Å². The van der Waals surface area contributed by atoms with Crippen molar-refractivity contribution >= 4 is 11.8 Å². The van der Waals surface area contributed by atoms with Gasteiger partial charge in [-0.1, -0.05) is 49.1 Å². The number of nitrogens with zero attached hydrogens (tertiary/aromatic N) is 3. The molecule has 8 nitrogen and oxygen atoms in total.